The van der Waals surface area contributed by atoms with Crippen molar-refractivity contribution in [3.63, 3.8) is 0 Å². The van der Waals surface area contributed by atoms with Gasteiger partial charge >= 0.3 is 0 Å². The van der Waals surface area contributed by atoms with Crippen LogP contribution in [0.2, 0.25) is 0 Å². The van der Waals surface area contributed by atoms with Gasteiger partial charge in [-0.25, -0.2) is 0 Å². The van der Waals surface area contributed by atoms with Gasteiger partial charge in [0.15, 0.2) is 11.5 Å². The highest BCUT2D eigenvalue weighted by Gasteiger charge is 2.10. The predicted molar refractivity (Wildman–Crippen MR) is 74.3 cm³/mol. The Morgan fingerprint density at radius 1 is 1.47 bits per heavy atom. The van der Waals surface area contributed by atoms with Crippen LogP contribution in [-0.4, -0.2) is 43.2 Å². The third-order valence-electron chi connectivity index (χ3n) is 2.82. The Labute approximate surface area is 114 Å². The zero-order valence-electron chi connectivity index (χ0n) is 11.8. The zero-order chi connectivity index (χ0) is 14.3. The van der Waals surface area contributed by atoms with Crippen LogP contribution in [0.3, 0.4) is 0 Å². The van der Waals surface area contributed by atoms with E-state index < -0.39 is 0 Å². The molecule has 0 bridgehead atoms. The first kappa shape index (κ1) is 15.3. The zero-order valence-corrected chi connectivity index (χ0v) is 11.8. The molecular formula is C14H22N2O3. The number of aromatic hydroxyl groups is 1. The third kappa shape index (κ3) is 4.79. The van der Waals surface area contributed by atoms with E-state index in [-0.39, 0.29) is 11.7 Å². The highest BCUT2D eigenvalue weighted by molar-refractivity contribution is 5.75. The highest BCUT2D eigenvalue weighted by Crippen LogP contribution is 2.30. The molecule has 1 aromatic rings. The molecule has 0 aliphatic heterocycles. The van der Waals surface area contributed by atoms with Crippen molar-refractivity contribution < 1.29 is 14.6 Å². The first-order valence-corrected chi connectivity index (χ1v) is 6.41. The summed E-state index contributed by atoms with van der Waals surface area (Å²) in [5.74, 6) is 0.690. The molecule has 106 valence electrons. The molecule has 0 aliphatic rings. The molecule has 5 nitrogen and oxygen atoms in total. The van der Waals surface area contributed by atoms with E-state index in [9.17, 15) is 9.90 Å². The van der Waals surface area contributed by atoms with Crippen LogP contribution in [0.15, 0.2) is 18.2 Å². The summed E-state index contributed by atoms with van der Waals surface area (Å²) in [5.41, 5.74) is 0.797. The van der Waals surface area contributed by atoms with Gasteiger partial charge < -0.3 is 20.1 Å². The fourth-order valence-electron chi connectivity index (χ4n) is 1.75. The number of rotatable bonds is 7. The van der Waals surface area contributed by atoms with Gasteiger partial charge in [-0.2, -0.15) is 0 Å². The minimum Gasteiger partial charge on any atom is -0.504 e. The van der Waals surface area contributed by atoms with Gasteiger partial charge in [-0.15, -0.1) is 0 Å². The number of hydrogen-bond donors (Lipinski definition) is 2. The summed E-state index contributed by atoms with van der Waals surface area (Å²) in [5, 5.41) is 12.6. The lowest BCUT2D eigenvalue weighted by molar-refractivity contribution is -0.120. The molecule has 0 heterocycles. The Kier molecular flexibility index (Phi) is 6.15. The lowest BCUT2D eigenvalue weighted by atomic mass is 10.1. The van der Waals surface area contributed by atoms with Crippen LogP contribution in [0.5, 0.6) is 11.5 Å². The number of phenolic OH excluding ortho intramolecular Hbond substituents is 1. The number of para-hydroxylation sites is 1. The molecule has 1 aromatic carbocycles. The van der Waals surface area contributed by atoms with Crippen LogP contribution >= 0.6 is 0 Å². The minimum absolute atomic E-state index is 0.0131. The van der Waals surface area contributed by atoms with Crippen molar-refractivity contribution in [1.29, 1.82) is 0 Å². The molecule has 1 amide bonds. The van der Waals surface area contributed by atoms with Gasteiger partial charge in [0.25, 0.3) is 0 Å². The van der Waals surface area contributed by atoms with E-state index in [0.717, 1.165) is 5.56 Å². The average molecular weight is 266 g/mol. The number of nitrogens with zero attached hydrogens (tertiary/aromatic N) is 1. The monoisotopic (exact) mass is 266 g/mol. The molecule has 0 fully saturated rings. The molecule has 0 unspecified atom stereocenters. The number of carbonyl (C=O) groups excluding carboxylic acids is 1. The SMILES string of the molecule is CCOc1cccc(CN(C)CCC(=O)NC)c1O. The summed E-state index contributed by atoms with van der Waals surface area (Å²) in [6.45, 7) is 3.60. The van der Waals surface area contributed by atoms with E-state index in [1.807, 2.05) is 31.0 Å². The maximum absolute atomic E-state index is 11.2. The topological polar surface area (TPSA) is 61.8 Å². The first-order chi connectivity index (χ1) is 9.08. The van der Waals surface area contributed by atoms with Crippen molar-refractivity contribution in [1.82, 2.24) is 10.2 Å². The van der Waals surface area contributed by atoms with Crippen LogP contribution in [0.25, 0.3) is 0 Å². The van der Waals surface area contributed by atoms with Crippen LogP contribution in [-0.2, 0) is 11.3 Å². The van der Waals surface area contributed by atoms with E-state index in [1.165, 1.54) is 0 Å². The Balaban J connectivity index is 2.61. The molecule has 19 heavy (non-hydrogen) atoms. The van der Waals surface area contributed by atoms with E-state index >= 15 is 0 Å². The third-order valence-corrected chi connectivity index (χ3v) is 2.82. The Morgan fingerprint density at radius 3 is 2.84 bits per heavy atom. The predicted octanol–water partition coefficient (Wildman–Crippen LogP) is 1.36. The fourth-order valence-corrected chi connectivity index (χ4v) is 1.75. The normalized spacial score (nSPS) is 10.5. The van der Waals surface area contributed by atoms with Gasteiger partial charge in [0.1, 0.15) is 0 Å². The molecule has 0 aliphatic carbocycles. The van der Waals surface area contributed by atoms with Gasteiger partial charge in [-0.3, -0.25) is 4.79 Å². The lowest BCUT2D eigenvalue weighted by Crippen LogP contribution is -2.26. The van der Waals surface area contributed by atoms with Crippen molar-refractivity contribution in [3.05, 3.63) is 23.8 Å². The first-order valence-electron chi connectivity index (χ1n) is 6.41. The smallest absolute Gasteiger partial charge is 0.221 e. The summed E-state index contributed by atoms with van der Waals surface area (Å²) in [6.07, 6.45) is 0.443. The Hall–Kier alpha value is -1.75. The molecule has 5 heteroatoms. The largest absolute Gasteiger partial charge is 0.504 e. The van der Waals surface area contributed by atoms with Crippen molar-refractivity contribution in [2.45, 2.75) is 19.9 Å². The van der Waals surface area contributed by atoms with E-state index in [1.54, 1.807) is 13.1 Å². The summed E-state index contributed by atoms with van der Waals surface area (Å²) < 4.78 is 5.34. The van der Waals surface area contributed by atoms with Crippen LogP contribution in [0.1, 0.15) is 18.9 Å². The van der Waals surface area contributed by atoms with Gasteiger partial charge in [-0.1, -0.05) is 12.1 Å². The number of ether oxygens (including phenoxy) is 1. The van der Waals surface area contributed by atoms with E-state index in [4.69, 9.17) is 4.74 Å². The van der Waals surface area contributed by atoms with Crippen LogP contribution < -0.4 is 10.1 Å². The van der Waals surface area contributed by atoms with E-state index in [2.05, 4.69) is 5.32 Å². The number of phenols is 1. The number of nitrogens with one attached hydrogen (secondary N) is 1. The molecule has 0 aromatic heterocycles. The van der Waals surface area contributed by atoms with Gasteiger partial charge in [0.05, 0.1) is 6.61 Å². The standard InChI is InChI=1S/C14H22N2O3/c1-4-19-12-7-5-6-11(14(12)18)10-16(3)9-8-13(17)15-2/h5-7,18H,4,8-10H2,1-3H3,(H,15,17). The van der Waals surface area contributed by atoms with Crippen molar-refractivity contribution in [2.75, 3.05) is 27.2 Å². The Bertz CT molecular complexity index is 421. The van der Waals surface area contributed by atoms with Crippen molar-refractivity contribution >= 4 is 5.91 Å². The molecule has 0 atom stereocenters. The van der Waals surface area contributed by atoms with Crippen molar-refractivity contribution in [2.24, 2.45) is 0 Å². The molecule has 0 radical (unpaired) electrons. The second-order valence-corrected chi connectivity index (χ2v) is 4.36. The maximum Gasteiger partial charge on any atom is 0.221 e. The van der Waals surface area contributed by atoms with Gasteiger partial charge in [-0.05, 0) is 20.0 Å². The molecule has 0 saturated carbocycles. The van der Waals surface area contributed by atoms with Gasteiger partial charge in [0.2, 0.25) is 5.91 Å². The molecule has 0 spiro atoms. The molecule has 2 N–H and O–H groups in total. The van der Waals surface area contributed by atoms with E-state index in [0.29, 0.717) is 31.9 Å². The summed E-state index contributed by atoms with van der Waals surface area (Å²) in [7, 11) is 3.54. The number of hydrogen-bond acceptors (Lipinski definition) is 4. The fraction of sp³-hybridized carbons (Fsp3) is 0.500. The van der Waals surface area contributed by atoms with Gasteiger partial charge in [0, 0.05) is 32.1 Å². The number of benzene rings is 1. The number of amides is 1. The second kappa shape index (κ2) is 7.63. The highest BCUT2D eigenvalue weighted by atomic mass is 16.5. The summed E-state index contributed by atoms with van der Waals surface area (Å²) >= 11 is 0. The number of carbonyl (C=O) groups is 1. The second-order valence-electron chi connectivity index (χ2n) is 4.36. The minimum atomic E-state index is 0.0131. The molecule has 1 rings (SSSR count). The Morgan fingerprint density at radius 2 is 2.21 bits per heavy atom. The van der Waals surface area contributed by atoms with Crippen LogP contribution in [0.4, 0.5) is 0 Å². The molecular weight excluding hydrogens is 244 g/mol. The quantitative estimate of drug-likeness (QED) is 0.782. The maximum atomic E-state index is 11.2. The van der Waals surface area contributed by atoms with Crippen molar-refractivity contribution in [3.8, 4) is 11.5 Å². The summed E-state index contributed by atoms with van der Waals surface area (Å²) in [4.78, 5) is 13.2. The summed E-state index contributed by atoms with van der Waals surface area (Å²) in [6, 6.07) is 5.45. The average Bonchev–Trinajstić information content (AvgIpc) is 2.40. The van der Waals surface area contributed by atoms with Crippen LogP contribution in [0, 0.1) is 0 Å². The molecule has 0 saturated heterocycles. The lowest BCUT2D eigenvalue weighted by Gasteiger charge is -2.18.